The van der Waals surface area contributed by atoms with Gasteiger partial charge in [-0.1, -0.05) is 11.8 Å². The molecule has 0 aromatic heterocycles. The van der Waals surface area contributed by atoms with Crippen molar-refractivity contribution >= 4 is 18.0 Å². The minimum Gasteiger partial charge on any atom is -0.281 e. The van der Waals surface area contributed by atoms with Crippen molar-refractivity contribution in [3.8, 4) is 24.7 Å². The summed E-state index contributed by atoms with van der Waals surface area (Å²) in [4.78, 5) is 0. The highest BCUT2D eigenvalue weighted by Crippen LogP contribution is 2.57. The third-order valence-corrected chi connectivity index (χ3v) is 7.87. The summed E-state index contributed by atoms with van der Waals surface area (Å²) in [6.07, 6.45) is 11.3. The highest BCUT2D eigenvalue weighted by atomic mass is 32.4. The van der Waals surface area contributed by atoms with Crippen molar-refractivity contribution < 1.29 is 0 Å². The molecule has 0 radical (unpaired) electrons. The van der Waals surface area contributed by atoms with Crippen LogP contribution in [0.4, 0.5) is 0 Å². The Kier molecular flexibility index (Phi) is 3.20. The summed E-state index contributed by atoms with van der Waals surface area (Å²) in [6, 6.07) is 0. The Bertz CT molecular complexity index is 295. The lowest BCUT2D eigenvalue weighted by Crippen LogP contribution is -2.09. The van der Waals surface area contributed by atoms with E-state index in [0.29, 0.717) is 0 Å². The van der Waals surface area contributed by atoms with Gasteiger partial charge >= 0.3 is 0 Å². The fourth-order valence-corrected chi connectivity index (χ4v) is 5.32. The van der Waals surface area contributed by atoms with Crippen LogP contribution in [0.2, 0.25) is 0 Å². The first-order valence-electron chi connectivity index (χ1n) is 4.21. The molecule has 1 heterocycles. The number of terminal acetylenes is 2. The van der Waals surface area contributed by atoms with E-state index in [-0.39, 0.29) is 11.8 Å². The molecule has 1 aliphatic rings. The lowest BCUT2D eigenvalue weighted by atomic mass is 9.98. The van der Waals surface area contributed by atoms with Crippen LogP contribution in [0, 0.1) is 36.5 Å². The van der Waals surface area contributed by atoms with Gasteiger partial charge in [0.2, 0.25) is 0 Å². The van der Waals surface area contributed by atoms with Gasteiger partial charge in [0.25, 0.3) is 0 Å². The minimum atomic E-state index is -1.41. The average Bonchev–Trinajstić information content (AvgIpc) is 2.43. The van der Waals surface area contributed by atoms with Crippen molar-refractivity contribution in [2.75, 3.05) is 26.4 Å². The molecule has 2 atom stereocenters. The summed E-state index contributed by atoms with van der Waals surface area (Å²) in [5, 5.41) is 0. The van der Waals surface area contributed by atoms with Gasteiger partial charge in [-0.15, -0.1) is 24.7 Å². The molecule has 13 heavy (non-hydrogen) atoms. The fourth-order valence-electron chi connectivity index (χ4n) is 1.61. The second-order valence-corrected chi connectivity index (χ2v) is 8.87. The van der Waals surface area contributed by atoms with E-state index < -0.39 is 6.19 Å². The zero-order chi connectivity index (χ0) is 10.1. The van der Waals surface area contributed by atoms with Gasteiger partial charge in [-0.3, -0.25) is 4.67 Å². The summed E-state index contributed by atoms with van der Waals surface area (Å²) in [5.41, 5.74) is 0. The molecule has 0 aromatic carbocycles. The van der Waals surface area contributed by atoms with Gasteiger partial charge in [0.05, 0.1) is 0 Å². The Balaban J connectivity index is 2.88. The van der Waals surface area contributed by atoms with Gasteiger partial charge in [0, 0.05) is 30.3 Å². The van der Waals surface area contributed by atoms with Gasteiger partial charge in [-0.25, -0.2) is 0 Å². The predicted molar refractivity (Wildman–Crippen MR) is 62.4 cm³/mol. The number of nitrogens with zero attached hydrogens (tertiary/aromatic N) is 1. The quantitative estimate of drug-likeness (QED) is 0.477. The van der Waals surface area contributed by atoms with E-state index in [9.17, 15) is 0 Å². The van der Waals surface area contributed by atoms with Crippen LogP contribution >= 0.6 is 6.19 Å². The first-order valence-corrected chi connectivity index (χ1v) is 7.34. The smallest absolute Gasteiger partial charge is 0.0400 e. The molecule has 0 aromatic rings. The second-order valence-electron chi connectivity index (χ2n) is 3.60. The van der Waals surface area contributed by atoms with Crippen LogP contribution in [0.15, 0.2) is 0 Å². The van der Waals surface area contributed by atoms with E-state index in [1.807, 2.05) is 14.1 Å². The molecule has 1 fully saturated rings. The molecular weight excluding hydrogens is 197 g/mol. The van der Waals surface area contributed by atoms with Gasteiger partial charge in [-0.05, 0) is 14.1 Å². The summed E-state index contributed by atoms with van der Waals surface area (Å²) >= 11 is 5.62. The van der Waals surface area contributed by atoms with Crippen LogP contribution in [0.5, 0.6) is 0 Å². The standard InChI is InChI=1S/C10H14NPS/c1-5-9-7-12(13,11(3)4)8-10(9)6-2/h1-2,9-10H,7-8H2,3-4H3. The molecule has 1 aliphatic heterocycles. The average molecular weight is 211 g/mol. The van der Waals surface area contributed by atoms with Crippen LogP contribution in [0.25, 0.3) is 0 Å². The fraction of sp³-hybridized carbons (Fsp3) is 0.600. The summed E-state index contributed by atoms with van der Waals surface area (Å²) in [6.45, 7) is 0. The maximum Gasteiger partial charge on any atom is 0.0400 e. The summed E-state index contributed by atoms with van der Waals surface area (Å²) < 4.78 is 2.16. The van der Waals surface area contributed by atoms with E-state index in [4.69, 9.17) is 24.7 Å². The number of hydrogen-bond acceptors (Lipinski definition) is 1. The third-order valence-electron chi connectivity index (χ3n) is 2.61. The molecule has 1 saturated heterocycles. The van der Waals surface area contributed by atoms with E-state index in [2.05, 4.69) is 16.5 Å². The Morgan fingerprint density at radius 2 is 1.62 bits per heavy atom. The SMILES string of the molecule is C#CC1CP(=S)(N(C)C)CC1C#C. The number of hydrogen-bond donors (Lipinski definition) is 0. The molecule has 0 amide bonds. The van der Waals surface area contributed by atoms with E-state index in [1.54, 1.807) is 0 Å². The highest BCUT2D eigenvalue weighted by Gasteiger charge is 2.37. The largest absolute Gasteiger partial charge is 0.281 e. The first-order chi connectivity index (χ1) is 6.03. The van der Waals surface area contributed by atoms with Gasteiger partial charge in [-0.2, -0.15) is 0 Å². The monoisotopic (exact) mass is 211 g/mol. The molecular formula is C10H14NPS. The lowest BCUT2D eigenvalue weighted by molar-refractivity contribution is 0.642. The van der Waals surface area contributed by atoms with Crippen molar-refractivity contribution in [3.05, 3.63) is 0 Å². The van der Waals surface area contributed by atoms with Crippen LogP contribution in [0.3, 0.4) is 0 Å². The van der Waals surface area contributed by atoms with Crippen molar-refractivity contribution in [3.63, 3.8) is 0 Å². The lowest BCUT2D eigenvalue weighted by Gasteiger charge is -2.23. The van der Waals surface area contributed by atoms with Crippen LogP contribution < -0.4 is 0 Å². The van der Waals surface area contributed by atoms with E-state index in [0.717, 1.165) is 12.3 Å². The maximum atomic E-state index is 5.62. The summed E-state index contributed by atoms with van der Waals surface area (Å²) in [5.74, 6) is 5.95. The topological polar surface area (TPSA) is 3.24 Å². The maximum absolute atomic E-state index is 5.62. The van der Waals surface area contributed by atoms with Crippen molar-refractivity contribution in [2.24, 2.45) is 11.8 Å². The van der Waals surface area contributed by atoms with Gasteiger partial charge in [0.1, 0.15) is 0 Å². The molecule has 0 saturated carbocycles. The van der Waals surface area contributed by atoms with Gasteiger partial charge in [0.15, 0.2) is 0 Å². The van der Waals surface area contributed by atoms with Crippen LogP contribution in [-0.2, 0) is 11.8 Å². The van der Waals surface area contributed by atoms with Crippen molar-refractivity contribution in [1.29, 1.82) is 0 Å². The molecule has 2 unspecified atom stereocenters. The Morgan fingerprint density at radius 3 is 1.85 bits per heavy atom. The Morgan fingerprint density at radius 1 is 1.23 bits per heavy atom. The highest BCUT2D eigenvalue weighted by molar-refractivity contribution is 8.13. The minimum absolute atomic E-state index is 0.207. The first kappa shape index (κ1) is 10.8. The predicted octanol–water partition coefficient (Wildman–Crippen LogP) is 1.45. The van der Waals surface area contributed by atoms with Crippen LogP contribution in [-0.4, -0.2) is 31.1 Å². The molecule has 0 bridgehead atoms. The third kappa shape index (κ3) is 1.97. The van der Waals surface area contributed by atoms with E-state index >= 15 is 0 Å². The molecule has 1 rings (SSSR count). The molecule has 1 nitrogen and oxygen atoms in total. The second kappa shape index (κ2) is 3.85. The Labute approximate surface area is 86.0 Å². The van der Waals surface area contributed by atoms with Crippen molar-refractivity contribution in [1.82, 2.24) is 4.67 Å². The molecule has 0 spiro atoms. The molecule has 3 heteroatoms. The number of rotatable bonds is 1. The molecule has 0 aliphatic carbocycles. The molecule has 0 N–H and O–H groups in total. The van der Waals surface area contributed by atoms with Gasteiger partial charge < -0.3 is 0 Å². The summed E-state index contributed by atoms with van der Waals surface area (Å²) in [7, 11) is 4.07. The zero-order valence-corrected chi connectivity index (χ0v) is 9.74. The van der Waals surface area contributed by atoms with Crippen molar-refractivity contribution in [2.45, 2.75) is 0 Å². The van der Waals surface area contributed by atoms with E-state index in [1.165, 1.54) is 0 Å². The normalized spacial score (nSPS) is 38.5. The molecule has 70 valence electrons. The van der Waals surface area contributed by atoms with Crippen LogP contribution in [0.1, 0.15) is 0 Å². The Hall–Kier alpha value is -0.270. The zero-order valence-electron chi connectivity index (χ0n) is 8.03.